The third kappa shape index (κ3) is 5.80. The molecule has 190 valence electrons. The molecule has 14 heteroatoms. The number of alkyl halides is 8. The number of nitrogens with one attached hydrogen (secondary N) is 2. The summed E-state index contributed by atoms with van der Waals surface area (Å²) in [5.74, 6) is -7.33. The minimum absolute atomic E-state index is 0.0591. The zero-order valence-electron chi connectivity index (χ0n) is 17.1. The summed E-state index contributed by atoms with van der Waals surface area (Å²) in [5.41, 5.74) is -2.04. The van der Waals surface area contributed by atoms with Gasteiger partial charge < -0.3 is 10.6 Å². The minimum Gasteiger partial charge on any atom is -0.349 e. The lowest BCUT2D eigenvalue weighted by Crippen LogP contribution is -2.35. The van der Waals surface area contributed by atoms with Crippen LogP contribution in [0.3, 0.4) is 0 Å². The molecule has 0 saturated heterocycles. The van der Waals surface area contributed by atoms with Crippen LogP contribution in [0.15, 0.2) is 36.4 Å². The Kier molecular flexibility index (Phi) is 7.56. The summed E-state index contributed by atoms with van der Waals surface area (Å²) in [6.45, 7) is -0.682. The molecule has 1 aliphatic rings. The van der Waals surface area contributed by atoms with Gasteiger partial charge in [0.15, 0.2) is 0 Å². The predicted octanol–water partition coefficient (Wildman–Crippen LogP) is 5.73. The number of hydrogen-bond acceptors (Lipinski definition) is 2. The molecular formula is C21H14Cl2F8N2O2. The SMILES string of the molecule is O=C(NCc1cc(NC(=O)C2C(c3ccc(F)c(C(F)(F)F)c3)C2(Cl)Cl)ccc1F)C(F)C(F)F. The summed E-state index contributed by atoms with van der Waals surface area (Å²) >= 11 is 12.2. The van der Waals surface area contributed by atoms with Crippen molar-refractivity contribution in [3.8, 4) is 0 Å². The highest BCUT2D eigenvalue weighted by molar-refractivity contribution is 6.53. The molecule has 2 aromatic rings. The molecule has 0 aliphatic heterocycles. The fourth-order valence-electron chi connectivity index (χ4n) is 3.42. The number of halogens is 10. The van der Waals surface area contributed by atoms with E-state index in [1.165, 1.54) is 0 Å². The standard InChI is InChI=1S/C21H14Cl2F8N2O2/c22-20(23)14(8-1-3-13(25)11(6-8)21(29,30)31)15(20)18(34)33-10-2-4-12(24)9(5-10)7-32-19(35)16(26)17(27)28/h1-6,14-17H,7H2,(H,32,35)(H,33,34). The van der Waals surface area contributed by atoms with E-state index >= 15 is 0 Å². The fraction of sp³-hybridized carbons (Fsp3) is 0.333. The third-order valence-corrected chi connectivity index (χ3v) is 6.17. The third-order valence-electron chi connectivity index (χ3n) is 5.23. The number of amides is 2. The van der Waals surface area contributed by atoms with Crippen LogP contribution in [0.4, 0.5) is 40.8 Å². The lowest BCUT2D eigenvalue weighted by molar-refractivity contribution is -0.140. The number of rotatable bonds is 7. The maximum Gasteiger partial charge on any atom is 0.419 e. The highest BCUT2D eigenvalue weighted by atomic mass is 35.5. The van der Waals surface area contributed by atoms with Gasteiger partial charge in [-0.1, -0.05) is 6.07 Å². The first-order valence-corrected chi connectivity index (χ1v) is 10.4. The van der Waals surface area contributed by atoms with Crippen molar-refractivity contribution in [3.05, 3.63) is 64.7 Å². The van der Waals surface area contributed by atoms with E-state index in [4.69, 9.17) is 23.2 Å². The Labute approximate surface area is 202 Å². The van der Waals surface area contributed by atoms with Crippen molar-refractivity contribution in [3.63, 3.8) is 0 Å². The van der Waals surface area contributed by atoms with Crippen molar-refractivity contribution in [2.24, 2.45) is 5.92 Å². The molecule has 0 spiro atoms. The Morgan fingerprint density at radius 1 is 1.00 bits per heavy atom. The quantitative estimate of drug-likeness (QED) is 0.343. The molecule has 1 saturated carbocycles. The lowest BCUT2D eigenvalue weighted by atomic mass is 10.0. The Morgan fingerprint density at radius 3 is 2.23 bits per heavy atom. The molecule has 0 bridgehead atoms. The van der Waals surface area contributed by atoms with Crippen LogP contribution in [0.5, 0.6) is 0 Å². The monoisotopic (exact) mass is 548 g/mol. The Hall–Kier alpha value is -2.60. The summed E-state index contributed by atoms with van der Waals surface area (Å²) in [4.78, 5) is 24.0. The van der Waals surface area contributed by atoms with Crippen LogP contribution in [0.1, 0.15) is 22.6 Å². The molecule has 2 amide bonds. The zero-order valence-corrected chi connectivity index (χ0v) is 18.6. The van der Waals surface area contributed by atoms with Crippen molar-refractivity contribution < 1.29 is 44.7 Å². The van der Waals surface area contributed by atoms with Crippen LogP contribution in [-0.2, 0) is 22.3 Å². The number of carbonyl (C=O) groups is 2. The normalized spacial score (nSPS) is 19.9. The fourth-order valence-corrected chi connectivity index (χ4v) is 4.25. The molecule has 1 fully saturated rings. The van der Waals surface area contributed by atoms with E-state index in [-0.39, 0.29) is 16.8 Å². The number of carbonyl (C=O) groups excluding carboxylic acids is 2. The van der Waals surface area contributed by atoms with Gasteiger partial charge in [-0.15, -0.1) is 23.2 Å². The average Bonchev–Trinajstić information content (AvgIpc) is 3.34. The first-order chi connectivity index (χ1) is 16.1. The van der Waals surface area contributed by atoms with Crippen LogP contribution >= 0.6 is 23.2 Å². The van der Waals surface area contributed by atoms with Crippen LogP contribution in [0.2, 0.25) is 0 Å². The van der Waals surface area contributed by atoms with Gasteiger partial charge >= 0.3 is 6.18 Å². The second-order valence-electron chi connectivity index (χ2n) is 7.62. The van der Waals surface area contributed by atoms with Crippen molar-refractivity contribution >= 4 is 40.7 Å². The second-order valence-corrected chi connectivity index (χ2v) is 9.06. The highest BCUT2D eigenvalue weighted by Gasteiger charge is 2.67. The van der Waals surface area contributed by atoms with Crippen LogP contribution in [0.25, 0.3) is 0 Å². The van der Waals surface area contributed by atoms with Gasteiger partial charge in [-0.2, -0.15) is 13.2 Å². The Balaban J connectivity index is 1.73. The first-order valence-electron chi connectivity index (χ1n) is 9.68. The van der Waals surface area contributed by atoms with E-state index < -0.39 is 70.5 Å². The first kappa shape index (κ1) is 27.0. The van der Waals surface area contributed by atoms with Crippen molar-refractivity contribution in [1.29, 1.82) is 0 Å². The second kappa shape index (κ2) is 9.81. The molecule has 35 heavy (non-hydrogen) atoms. The molecule has 2 aromatic carbocycles. The van der Waals surface area contributed by atoms with Gasteiger partial charge in [0.25, 0.3) is 12.3 Å². The van der Waals surface area contributed by atoms with Crippen molar-refractivity contribution in [2.75, 3.05) is 5.32 Å². The van der Waals surface area contributed by atoms with E-state index in [1.807, 2.05) is 0 Å². The summed E-state index contributed by atoms with van der Waals surface area (Å²) < 4.78 is 102. The van der Waals surface area contributed by atoms with Gasteiger partial charge in [0, 0.05) is 23.7 Å². The lowest BCUT2D eigenvalue weighted by Gasteiger charge is -2.11. The maximum atomic E-state index is 14.0. The number of benzene rings is 2. The number of hydrogen-bond donors (Lipinski definition) is 2. The number of anilines is 1. The summed E-state index contributed by atoms with van der Waals surface area (Å²) in [7, 11) is 0. The van der Waals surface area contributed by atoms with E-state index in [1.54, 1.807) is 5.32 Å². The van der Waals surface area contributed by atoms with Gasteiger partial charge in [0.1, 0.15) is 16.0 Å². The molecule has 1 aliphatic carbocycles. The van der Waals surface area contributed by atoms with Gasteiger partial charge in [0.05, 0.1) is 11.5 Å². The van der Waals surface area contributed by atoms with E-state index in [0.717, 1.165) is 24.3 Å². The molecule has 0 radical (unpaired) electrons. The van der Waals surface area contributed by atoms with Crippen LogP contribution in [0, 0.1) is 17.6 Å². The topological polar surface area (TPSA) is 58.2 Å². The van der Waals surface area contributed by atoms with E-state index in [2.05, 4.69) is 5.32 Å². The summed E-state index contributed by atoms with van der Waals surface area (Å²) in [6.07, 6.45) is -11.7. The highest BCUT2D eigenvalue weighted by Crippen LogP contribution is 2.65. The van der Waals surface area contributed by atoms with Gasteiger partial charge in [-0.25, -0.2) is 22.0 Å². The van der Waals surface area contributed by atoms with Crippen molar-refractivity contribution in [1.82, 2.24) is 5.32 Å². The molecule has 3 unspecified atom stereocenters. The van der Waals surface area contributed by atoms with E-state index in [0.29, 0.717) is 12.1 Å². The molecular weight excluding hydrogens is 535 g/mol. The molecule has 4 nitrogen and oxygen atoms in total. The van der Waals surface area contributed by atoms with Crippen LogP contribution < -0.4 is 10.6 Å². The average molecular weight is 549 g/mol. The Bertz CT molecular complexity index is 1140. The van der Waals surface area contributed by atoms with E-state index in [9.17, 15) is 44.7 Å². The summed E-state index contributed by atoms with van der Waals surface area (Å²) in [6, 6.07) is 5.07. The van der Waals surface area contributed by atoms with Gasteiger partial charge in [-0.3, -0.25) is 9.59 Å². The van der Waals surface area contributed by atoms with Crippen LogP contribution in [-0.4, -0.2) is 28.7 Å². The largest absolute Gasteiger partial charge is 0.419 e. The predicted molar refractivity (Wildman–Crippen MR) is 110 cm³/mol. The van der Waals surface area contributed by atoms with Crippen molar-refractivity contribution in [2.45, 2.75) is 35.6 Å². The minimum atomic E-state index is -4.99. The molecule has 0 heterocycles. The molecule has 3 atom stereocenters. The van der Waals surface area contributed by atoms with Gasteiger partial charge in [-0.05, 0) is 35.9 Å². The maximum absolute atomic E-state index is 14.0. The smallest absolute Gasteiger partial charge is 0.349 e. The molecule has 2 N–H and O–H groups in total. The molecule has 0 aromatic heterocycles. The van der Waals surface area contributed by atoms with Gasteiger partial charge in [0.2, 0.25) is 12.1 Å². The zero-order chi connectivity index (χ0) is 26.3. The Morgan fingerprint density at radius 2 is 1.63 bits per heavy atom. The summed E-state index contributed by atoms with van der Waals surface area (Å²) in [5, 5.41) is 4.12. The molecule has 3 rings (SSSR count).